The zero-order valence-electron chi connectivity index (χ0n) is 15.9. The number of nitrogens with zero attached hydrogens (tertiary/aromatic N) is 3. The number of rotatable bonds is 6. The van der Waals surface area contributed by atoms with Crippen molar-refractivity contribution in [2.24, 2.45) is 0 Å². The summed E-state index contributed by atoms with van der Waals surface area (Å²) in [6, 6.07) is 15.6. The maximum atomic E-state index is 12.8. The van der Waals surface area contributed by atoms with E-state index in [1.54, 1.807) is 13.0 Å². The molecule has 0 aliphatic heterocycles. The zero-order chi connectivity index (χ0) is 20.2. The van der Waals surface area contributed by atoms with E-state index >= 15 is 0 Å². The molecule has 1 amide bonds. The number of carbonyl (C=O) groups is 1. The van der Waals surface area contributed by atoms with Gasteiger partial charge in [0.1, 0.15) is 0 Å². The molecular weight excluding hydrogens is 404 g/mol. The van der Waals surface area contributed by atoms with E-state index in [1.165, 1.54) is 28.7 Å². The second-order valence-corrected chi connectivity index (χ2v) is 8.25. The fraction of sp³-hybridized carbons (Fsp3) is 0.143. The van der Waals surface area contributed by atoms with E-state index in [1.807, 2.05) is 54.8 Å². The van der Waals surface area contributed by atoms with Gasteiger partial charge in [-0.15, -0.1) is 23.1 Å². The van der Waals surface area contributed by atoms with E-state index in [9.17, 15) is 4.79 Å². The van der Waals surface area contributed by atoms with Crippen molar-refractivity contribution in [2.45, 2.75) is 24.5 Å². The first kappa shape index (κ1) is 19.4. The Morgan fingerprint density at radius 3 is 2.66 bits per heavy atom. The van der Waals surface area contributed by atoms with Gasteiger partial charge in [-0.25, -0.2) is 4.98 Å². The van der Waals surface area contributed by atoms with Crippen molar-refractivity contribution in [1.29, 1.82) is 0 Å². The fourth-order valence-electron chi connectivity index (χ4n) is 2.67. The van der Waals surface area contributed by atoms with Gasteiger partial charge in [0, 0.05) is 15.8 Å². The molecular formula is C21H18N4O2S2. The van der Waals surface area contributed by atoms with Crippen molar-refractivity contribution in [1.82, 2.24) is 15.1 Å². The summed E-state index contributed by atoms with van der Waals surface area (Å²) in [5, 5.41) is 9.21. The summed E-state index contributed by atoms with van der Waals surface area (Å²) in [6.45, 7) is 3.82. The molecule has 0 bridgehead atoms. The van der Waals surface area contributed by atoms with Crippen LogP contribution in [-0.4, -0.2) is 21.0 Å². The van der Waals surface area contributed by atoms with Crippen molar-refractivity contribution in [3.8, 4) is 11.3 Å². The lowest BCUT2D eigenvalue weighted by Gasteiger charge is -2.07. The second-order valence-electron chi connectivity index (χ2n) is 6.38. The summed E-state index contributed by atoms with van der Waals surface area (Å²) < 4.78 is 5.14. The molecule has 0 aliphatic rings. The van der Waals surface area contributed by atoms with Gasteiger partial charge in [0.25, 0.3) is 5.91 Å². The van der Waals surface area contributed by atoms with Crippen LogP contribution in [-0.2, 0) is 5.75 Å². The first-order valence-corrected chi connectivity index (χ1v) is 10.8. The third-order valence-electron chi connectivity index (χ3n) is 4.12. The Bertz CT molecular complexity index is 1140. The van der Waals surface area contributed by atoms with Gasteiger partial charge in [-0.2, -0.15) is 4.98 Å². The number of carbonyl (C=O) groups excluding carboxylic acids is 1. The molecule has 2 heterocycles. The second kappa shape index (κ2) is 8.59. The number of aryl methyl sites for hydroxylation is 2. The molecule has 8 heteroatoms. The van der Waals surface area contributed by atoms with Gasteiger partial charge in [-0.3, -0.25) is 10.1 Å². The molecule has 0 fully saturated rings. The van der Waals surface area contributed by atoms with Crippen molar-refractivity contribution < 1.29 is 9.32 Å². The lowest BCUT2D eigenvalue weighted by molar-refractivity contribution is 0.102. The van der Waals surface area contributed by atoms with Crippen molar-refractivity contribution in [3.05, 3.63) is 76.8 Å². The topological polar surface area (TPSA) is 80.9 Å². The average molecular weight is 423 g/mol. The summed E-state index contributed by atoms with van der Waals surface area (Å²) in [5.41, 5.74) is 3.65. The van der Waals surface area contributed by atoms with Crippen molar-refractivity contribution in [3.63, 3.8) is 0 Å². The first-order valence-electron chi connectivity index (χ1n) is 8.93. The number of nitrogens with one attached hydrogen (secondary N) is 1. The average Bonchev–Trinajstić information content (AvgIpc) is 3.36. The lowest BCUT2D eigenvalue weighted by atomic mass is 10.1. The van der Waals surface area contributed by atoms with Gasteiger partial charge in [0.15, 0.2) is 11.0 Å². The minimum atomic E-state index is -0.195. The number of aromatic nitrogens is 3. The van der Waals surface area contributed by atoms with Crippen molar-refractivity contribution in [2.75, 3.05) is 5.32 Å². The van der Waals surface area contributed by atoms with Gasteiger partial charge < -0.3 is 4.52 Å². The van der Waals surface area contributed by atoms with E-state index in [-0.39, 0.29) is 5.91 Å². The molecule has 4 rings (SSSR count). The largest absolute Gasteiger partial charge is 0.338 e. The van der Waals surface area contributed by atoms with E-state index < -0.39 is 0 Å². The molecule has 2 aromatic carbocycles. The number of anilines is 1. The molecule has 0 unspecified atom stereocenters. The molecule has 0 aliphatic carbocycles. The normalized spacial score (nSPS) is 10.8. The van der Waals surface area contributed by atoms with E-state index in [4.69, 9.17) is 4.52 Å². The molecule has 2 aromatic heterocycles. The number of benzene rings is 2. The summed E-state index contributed by atoms with van der Waals surface area (Å²) in [6.07, 6.45) is 0. The van der Waals surface area contributed by atoms with Crippen LogP contribution in [0, 0.1) is 13.8 Å². The number of hydrogen-bond acceptors (Lipinski definition) is 7. The zero-order valence-corrected chi connectivity index (χ0v) is 17.5. The van der Waals surface area contributed by atoms with E-state index in [0.717, 1.165) is 16.2 Å². The molecule has 0 saturated heterocycles. The van der Waals surface area contributed by atoms with Crippen molar-refractivity contribution >= 4 is 34.1 Å². The van der Waals surface area contributed by atoms with Gasteiger partial charge in [0.05, 0.1) is 17.0 Å². The molecule has 0 saturated carbocycles. The van der Waals surface area contributed by atoms with Crippen LogP contribution in [0.5, 0.6) is 0 Å². The first-order chi connectivity index (χ1) is 14.1. The molecule has 0 atom stereocenters. The predicted molar refractivity (Wildman–Crippen MR) is 115 cm³/mol. The van der Waals surface area contributed by atoms with Crippen LogP contribution in [0.2, 0.25) is 0 Å². The number of thiazole rings is 1. The smallest absolute Gasteiger partial charge is 0.258 e. The monoisotopic (exact) mass is 422 g/mol. The van der Waals surface area contributed by atoms with Crippen LogP contribution in [0.25, 0.3) is 11.3 Å². The van der Waals surface area contributed by atoms with E-state index in [0.29, 0.717) is 28.2 Å². The Kier molecular flexibility index (Phi) is 5.73. The Morgan fingerprint density at radius 1 is 1.10 bits per heavy atom. The Hall–Kier alpha value is -2.97. The predicted octanol–water partition coefficient (Wildman–Crippen LogP) is 5.35. The quantitative estimate of drug-likeness (QED) is 0.422. The molecule has 146 valence electrons. The Morgan fingerprint density at radius 2 is 1.90 bits per heavy atom. The van der Waals surface area contributed by atoms with Crippen LogP contribution < -0.4 is 5.32 Å². The SMILES string of the molecule is Cc1ccc(-c2csc(NC(=O)c3ccccc3SCc3nc(C)no3)n2)cc1. The Labute approximate surface area is 176 Å². The third kappa shape index (κ3) is 4.72. The molecule has 4 aromatic rings. The minimum Gasteiger partial charge on any atom is -0.338 e. The fourth-order valence-corrected chi connectivity index (χ4v) is 4.27. The highest BCUT2D eigenvalue weighted by Gasteiger charge is 2.15. The summed E-state index contributed by atoms with van der Waals surface area (Å²) in [5.74, 6) is 1.43. The lowest BCUT2D eigenvalue weighted by Crippen LogP contribution is -2.12. The van der Waals surface area contributed by atoms with Gasteiger partial charge in [0.2, 0.25) is 5.89 Å². The summed E-state index contributed by atoms with van der Waals surface area (Å²) in [4.78, 5) is 22.4. The van der Waals surface area contributed by atoms with Crippen LogP contribution in [0.3, 0.4) is 0 Å². The molecule has 1 N–H and O–H groups in total. The van der Waals surface area contributed by atoms with Gasteiger partial charge in [-0.05, 0) is 26.0 Å². The number of amides is 1. The van der Waals surface area contributed by atoms with Gasteiger partial charge in [-0.1, -0.05) is 47.1 Å². The van der Waals surface area contributed by atoms with Crippen LogP contribution in [0.1, 0.15) is 27.6 Å². The Balaban J connectivity index is 1.47. The minimum absolute atomic E-state index is 0.195. The standard InChI is InChI=1S/C21H18N4O2S2/c1-13-7-9-15(10-8-13)17-11-29-21(23-17)24-20(26)16-5-3-4-6-18(16)28-12-19-22-14(2)25-27-19/h3-11H,12H2,1-2H3,(H,23,24,26). The van der Waals surface area contributed by atoms with Crippen LogP contribution in [0.4, 0.5) is 5.13 Å². The summed E-state index contributed by atoms with van der Waals surface area (Å²) in [7, 11) is 0. The van der Waals surface area contributed by atoms with Gasteiger partial charge >= 0.3 is 0 Å². The molecule has 29 heavy (non-hydrogen) atoms. The maximum Gasteiger partial charge on any atom is 0.258 e. The van der Waals surface area contributed by atoms with E-state index in [2.05, 4.69) is 20.4 Å². The molecule has 0 spiro atoms. The maximum absolute atomic E-state index is 12.8. The number of thioether (sulfide) groups is 1. The molecule has 6 nitrogen and oxygen atoms in total. The number of hydrogen-bond donors (Lipinski definition) is 1. The van der Waals surface area contributed by atoms with Crippen LogP contribution >= 0.6 is 23.1 Å². The molecule has 0 radical (unpaired) electrons. The summed E-state index contributed by atoms with van der Waals surface area (Å²) >= 11 is 2.89. The third-order valence-corrected chi connectivity index (χ3v) is 5.94. The van der Waals surface area contributed by atoms with Crippen LogP contribution in [0.15, 0.2) is 63.3 Å². The highest BCUT2D eigenvalue weighted by atomic mass is 32.2. The highest BCUT2D eigenvalue weighted by Crippen LogP contribution is 2.28. The highest BCUT2D eigenvalue weighted by molar-refractivity contribution is 7.98.